The zero-order valence-electron chi connectivity index (χ0n) is 13.8. The number of hydrogen-bond acceptors (Lipinski definition) is 4. The van der Waals surface area contributed by atoms with E-state index in [1.54, 1.807) is 6.92 Å². The van der Waals surface area contributed by atoms with Gasteiger partial charge in [0.1, 0.15) is 0 Å². The fraction of sp³-hybridized carbons (Fsp3) is 0.294. The van der Waals surface area contributed by atoms with Gasteiger partial charge in [-0.25, -0.2) is 8.78 Å². The second-order valence-electron chi connectivity index (χ2n) is 5.76. The smallest absolute Gasteiger partial charge is 0.254 e. The summed E-state index contributed by atoms with van der Waals surface area (Å²) in [6.07, 6.45) is 4.99. The summed E-state index contributed by atoms with van der Waals surface area (Å²) >= 11 is 0. The molecule has 0 aliphatic rings. The summed E-state index contributed by atoms with van der Waals surface area (Å²) in [5.74, 6) is -2.71. The van der Waals surface area contributed by atoms with Crippen LogP contribution >= 0.6 is 0 Å². The number of hydrogen-bond donors (Lipinski definition) is 2. The third-order valence-corrected chi connectivity index (χ3v) is 3.87. The van der Waals surface area contributed by atoms with E-state index in [0.717, 1.165) is 12.4 Å². The maximum atomic E-state index is 13.7. The zero-order chi connectivity index (χ0) is 18.4. The van der Waals surface area contributed by atoms with Gasteiger partial charge in [0.25, 0.3) is 11.8 Å². The van der Waals surface area contributed by atoms with Crippen LogP contribution in [0, 0.1) is 11.6 Å². The molecular weight excluding hydrogens is 330 g/mol. The molecule has 2 aromatic heterocycles. The highest BCUT2D eigenvalue weighted by Gasteiger charge is 2.27. The van der Waals surface area contributed by atoms with Crippen molar-refractivity contribution in [3.63, 3.8) is 0 Å². The largest absolute Gasteiger partial charge is 0.350 e. The Labute approximate surface area is 143 Å². The van der Waals surface area contributed by atoms with Crippen molar-refractivity contribution < 1.29 is 18.4 Å². The number of amides is 2. The van der Waals surface area contributed by atoms with Crippen LogP contribution < -0.4 is 10.6 Å². The fourth-order valence-corrected chi connectivity index (χ4v) is 2.09. The Kier molecular flexibility index (Phi) is 5.74. The molecular formula is C17H18F2N4O2. The Balaban J connectivity index is 2.05. The molecule has 132 valence electrons. The lowest BCUT2D eigenvalue weighted by atomic mass is 9.97. The molecule has 0 spiro atoms. The van der Waals surface area contributed by atoms with E-state index in [2.05, 4.69) is 20.6 Å². The third-order valence-electron chi connectivity index (χ3n) is 3.87. The van der Waals surface area contributed by atoms with Crippen LogP contribution in [0.4, 0.5) is 8.78 Å². The van der Waals surface area contributed by atoms with Crippen LogP contribution in [-0.2, 0) is 0 Å². The van der Waals surface area contributed by atoms with E-state index in [9.17, 15) is 18.4 Å². The van der Waals surface area contributed by atoms with Crippen LogP contribution in [0.2, 0.25) is 0 Å². The molecule has 2 heterocycles. The summed E-state index contributed by atoms with van der Waals surface area (Å²) in [4.78, 5) is 31.5. The molecule has 1 atom stereocenters. The van der Waals surface area contributed by atoms with Crippen molar-refractivity contribution in [2.45, 2.75) is 25.8 Å². The molecule has 6 nitrogen and oxygen atoms in total. The summed E-state index contributed by atoms with van der Waals surface area (Å²) in [7, 11) is 0. The summed E-state index contributed by atoms with van der Waals surface area (Å²) in [6, 6.07) is 2.53. The van der Waals surface area contributed by atoms with Crippen LogP contribution in [0.5, 0.6) is 0 Å². The number of nitrogens with one attached hydrogen (secondary N) is 2. The molecule has 2 amide bonds. The Morgan fingerprint density at radius 2 is 1.56 bits per heavy atom. The predicted molar refractivity (Wildman–Crippen MR) is 86.9 cm³/mol. The van der Waals surface area contributed by atoms with Gasteiger partial charge in [-0.2, -0.15) is 0 Å². The molecule has 25 heavy (non-hydrogen) atoms. The lowest BCUT2D eigenvalue weighted by molar-refractivity contribution is 0.0866. The van der Waals surface area contributed by atoms with Gasteiger partial charge >= 0.3 is 0 Å². The number of nitrogens with zero attached hydrogens (tertiary/aromatic N) is 2. The van der Waals surface area contributed by atoms with Gasteiger partial charge in [0.05, 0.1) is 29.1 Å². The monoisotopic (exact) mass is 348 g/mol. The zero-order valence-corrected chi connectivity index (χ0v) is 13.8. The molecule has 2 N–H and O–H groups in total. The van der Waals surface area contributed by atoms with Gasteiger partial charge in [0.15, 0.2) is 11.6 Å². The van der Waals surface area contributed by atoms with Crippen LogP contribution in [0.1, 0.15) is 41.0 Å². The maximum absolute atomic E-state index is 13.7. The molecule has 8 heteroatoms. The quantitative estimate of drug-likeness (QED) is 0.837. The highest BCUT2D eigenvalue weighted by atomic mass is 19.1. The summed E-state index contributed by atoms with van der Waals surface area (Å²) in [6.45, 7) is 3.55. The van der Waals surface area contributed by atoms with Gasteiger partial charge < -0.3 is 10.6 Å². The molecule has 0 saturated heterocycles. The van der Waals surface area contributed by atoms with Crippen LogP contribution in [0.25, 0.3) is 0 Å². The molecule has 0 bridgehead atoms. The van der Waals surface area contributed by atoms with Crippen molar-refractivity contribution in [3.8, 4) is 0 Å². The van der Waals surface area contributed by atoms with Gasteiger partial charge in [-0.3, -0.25) is 19.6 Å². The number of carbonyl (C=O) groups excluding carboxylic acids is 2. The molecule has 0 aliphatic heterocycles. The number of carbonyl (C=O) groups is 2. The minimum Gasteiger partial charge on any atom is -0.350 e. The molecule has 0 saturated carbocycles. The van der Waals surface area contributed by atoms with Gasteiger partial charge in [-0.15, -0.1) is 0 Å². The topological polar surface area (TPSA) is 84.0 Å². The normalized spacial score (nSPS) is 13.0. The molecule has 2 rings (SSSR count). The van der Waals surface area contributed by atoms with Crippen molar-refractivity contribution in [2.75, 3.05) is 6.54 Å². The first kappa shape index (κ1) is 18.4. The van der Waals surface area contributed by atoms with Crippen LogP contribution in [-0.4, -0.2) is 33.9 Å². The lowest BCUT2D eigenvalue weighted by Gasteiger charge is -2.30. The van der Waals surface area contributed by atoms with Crippen LogP contribution in [0.3, 0.4) is 0 Å². The van der Waals surface area contributed by atoms with Crippen LogP contribution in [0.15, 0.2) is 36.9 Å². The molecule has 0 aliphatic carbocycles. The fourth-order valence-electron chi connectivity index (χ4n) is 2.09. The number of rotatable bonds is 6. The van der Waals surface area contributed by atoms with E-state index >= 15 is 0 Å². The van der Waals surface area contributed by atoms with E-state index in [0.29, 0.717) is 6.42 Å². The molecule has 0 unspecified atom stereocenters. The Morgan fingerprint density at radius 3 is 2.04 bits per heavy atom. The summed E-state index contributed by atoms with van der Waals surface area (Å²) in [5, 5.41) is 5.27. The van der Waals surface area contributed by atoms with E-state index < -0.39 is 29.0 Å². The Morgan fingerprint density at radius 1 is 1.04 bits per heavy atom. The standard InChI is InChI=1S/C17H18F2N4O2/c1-3-17(2,23-16(25)12-5-7-21-9-14(12)19)10-22-15(24)11-4-6-20-8-13(11)18/h4-9H,3,10H2,1-2H3,(H,22,24)(H,23,25)/t17-/m1/s1. The number of pyridine rings is 2. The first-order valence-electron chi connectivity index (χ1n) is 7.66. The van der Waals surface area contributed by atoms with Gasteiger partial charge in [-0.1, -0.05) is 6.92 Å². The second kappa shape index (κ2) is 7.78. The molecule has 0 aromatic carbocycles. The molecule has 0 fully saturated rings. The third kappa shape index (κ3) is 4.56. The second-order valence-corrected chi connectivity index (χ2v) is 5.76. The lowest BCUT2D eigenvalue weighted by Crippen LogP contribution is -2.53. The maximum Gasteiger partial charge on any atom is 0.254 e. The van der Waals surface area contributed by atoms with Gasteiger partial charge in [0.2, 0.25) is 0 Å². The van der Waals surface area contributed by atoms with E-state index in [1.807, 2.05) is 6.92 Å². The van der Waals surface area contributed by atoms with Crippen molar-refractivity contribution in [1.29, 1.82) is 0 Å². The van der Waals surface area contributed by atoms with Crippen molar-refractivity contribution in [1.82, 2.24) is 20.6 Å². The first-order chi connectivity index (χ1) is 11.9. The first-order valence-corrected chi connectivity index (χ1v) is 7.66. The minimum absolute atomic E-state index is 0.0442. The minimum atomic E-state index is -0.841. The summed E-state index contributed by atoms with van der Waals surface area (Å²) in [5.41, 5.74) is -1.12. The van der Waals surface area contributed by atoms with Crippen molar-refractivity contribution in [3.05, 3.63) is 59.7 Å². The SMILES string of the molecule is CC[C@](C)(CNC(=O)c1ccncc1F)NC(=O)c1ccncc1F. The van der Waals surface area contributed by atoms with Gasteiger partial charge in [-0.05, 0) is 25.5 Å². The Hall–Kier alpha value is -2.90. The predicted octanol–water partition coefficient (Wildman–Crippen LogP) is 2.08. The number of halogens is 2. The highest BCUT2D eigenvalue weighted by molar-refractivity contribution is 5.95. The average Bonchev–Trinajstić information content (AvgIpc) is 2.60. The van der Waals surface area contributed by atoms with E-state index in [-0.39, 0.29) is 17.7 Å². The summed E-state index contributed by atoms with van der Waals surface area (Å²) < 4.78 is 27.2. The van der Waals surface area contributed by atoms with Crippen molar-refractivity contribution in [2.24, 2.45) is 0 Å². The number of aromatic nitrogens is 2. The Bertz CT molecular complexity index is 785. The van der Waals surface area contributed by atoms with E-state index in [4.69, 9.17) is 0 Å². The van der Waals surface area contributed by atoms with E-state index in [1.165, 1.54) is 24.5 Å². The average molecular weight is 348 g/mol. The molecule has 0 radical (unpaired) electrons. The van der Waals surface area contributed by atoms with Gasteiger partial charge in [0, 0.05) is 18.9 Å². The van der Waals surface area contributed by atoms with Crippen molar-refractivity contribution >= 4 is 11.8 Å². The molecule has 2 aromatic rings. The highest BCUT2D eigenvalue weighted by Crippen LogP contribution is 2.12.